The monoisotopic (exact) mass is 289 g/mol. The molecule has 0 saturated carbocycles. The van der Waals surface area contributed by atoms with E-state index in [0.717, 1.165) is 12.2 Å². The number of anilines is 1. The average molecular weight is 289 g/mol. The van der Waals surface area contributed by atoms with Crippen LogP contribution < -0.4 is 5.32 Å². The molecule has 20 heavy (non-hydrogen) atoms. The normalized spacial score (nSPS) is 11.3. The van der Waals surface area contributed by atoms with Crippen LogP contribution in [0.1, 0.15) is 18.1 Å². The zero-order chi connectivity index (χ0) is 14.6. The van der Waals surface area contributed by atoms with E-state index in [4.69, 9.17) is 0 Å². The lowest BCUT2D eigenvalue weighted by molar-refractivity contribution is 0.597. The standard InChI is InChI=1S/C16H19NO2S/c1-3-20(18,19)16-9-7-15(8-10-16)17-12-14-6-4-5-13(2)11-14/h4-11,17H,3,12H2,1-2H3. The van der Waals surface area contributed by atoms with Crippen LogP contribution in [0.3, 0.4) is 0 Å². The Morgan fingerprint density at radius 1 is 1.05 bits per heavy atom. The molecular weight excluding hydrogens is 270 g/mol. The van der Waals surface area contributed by atoms with E-state index in [1.807, 2.05) is 6.07 Å². The zero-order valence-corrected chi connectivity index (χ0v) is 12.6. The van der Waals surface area contributed by atoms with Gasteiger partial charge in [-0.3, -0.25) is 0 Å². The van der Waals surface area contributed by atoms with E-state index in [1.165, 1.54) is 11.1 Å². The summed E-state index contributed by atoms with van der Waals surface area (Å²) in [6, 6.07) is 15.2. The number of hydrogen-bond acceptors (Lipinski definition) is 3. The number of nitrogens with one attached hydrogen (secondary N) is 1. The fourth-order valence-corrected chi connectivity index (χ4v) is 2.86. The SMILES string of the molecule is CCS(=O)(=O)c1ccc(NCc2cccc(C)c2)cc1. The van der Waals surface area contributed by atoms with Gasteiger partial charge in [0.25, 0.3) is 0 Å². The van der Waals surface area contributed by atoms with Crippen molar-refractivity contribution in [2.45, 2.75) is 25.3 Å². The molecule has 106 valence electrons. The first kappa shape index (κ1) is 14.6. The first-order chi connectivity index (χ1) is 9.51. The summed E-state index contributed by atoms with van der Waals surface area (Å²) in [5.74, 6) is 0.128. The average Bonchev–Trinajstić information content (AvgIpc) is 2.46. The van der Waals surface area contributed by atoms with E-state index in [9.17, 15) is 8.42 Å². The second-order valence-electron chi connectivity index (χ2n) is 4.77. The Bertz CT molecular complexity index is 676. The van der Waals surface area contributed by atoms with Gasteiger partial charge in [0.2, 0.25) is 0 Å². The quantitative estimate of drug-likeness (QED) is 0.917. The number of hydrogen-bond donors (Lipinski definition) is 1. The molecule has 2 aromatic rings. The van der Waals surface area contributed by atoms with Gasteiger partial charge in [0.15, 0.2) is 9.84 Å². The number of benzene rings is 2. The van der Waals surface area contributed by atoms with Gasteiger partial charge in [-0.05, 0) is 36.8 Å². The minimum Gasteiger partial charge on any atom is -0.381 e. The van der Waals surface area contributed by atoms with E-state index < -0.39 is 9.84 Å². The van der Waals surface area contributed by atoms with Gasteiger partial charge in [0, 0.05) is 12.2 Å². The molecule has 2 aromatic carbocycles. The van der Waals surface area contributed by atoms with Crippen molar-refractivity contribution in [2.75, 3.05) is 11.1 Å². The summed E-state index contributed by atoms with van der Waals surface area (Å²) in [6.07, 6.45) is 0. The maximum atomic E-state index is 11.7. The lowest BCUT2D eigenvalue weighted by Crippen LogP contribution is -2.04. The van der Waals surface area contributed by atoms with Gasteiger partial charge < -0.3 is 5.32 Å². The molecule has 0 amide bonds. The molecule has 0 heterocycles. The van der Waals surface area contributed by atoms with Crippen LogP contribution in [-0.2, 0) is 16.4 Å². The van der Waals surface area contributed by atoms with Crippen molar-refractivity contribution in [3.8, 4) is 0 Å². The highest BCUT2D eigenvalue weighted by Crippen LogP contribution is 2.16. The lowest BCUT2D eigenvalue weighted by atomic mass is 10.1. The molecule has 0 aliphatic carbocycles. The molecule has 2 rings (SSSR count). The van der Waals surface area contributed by atoms with E-state index in [-0.39, 0.29) is 5.75 Å². The molecule has 0 bridgehead atoms. The maximum Gasteiger partial charge on any atom is 0.178 e. The molecule has 0 aromatic heterocycles. The highest BCUT2D eigenvalue weighted by Gasteiger charge is 2.10. The summed E-state index contributed by atoms with van der Waals surface area (Å²) in [5, 5.41) is 3.29. The Labute approximate surface area is 120 Å². The van der Waals surface area contributed by atoms with Crippen LogP contribution in [0.4, 0.5) is 5.69 Å². The number of aryl methyl sites for hydroxylation is 1. The van der Waals surface area contributed by atoms with Crippen LogP contribution in [0, 0.1) is 6.92 Å². The fourth-order valence-electron chi connectivity index (χ4n) is 1.97. The second-order valence-corrected chi connectivity index (χ2v) is 7.05. The molecule has 0 saturated heterocycles. The third kappa shape index (κ3) is 3.61. The Hall–Kier alpha value is -1.81. The van der Waals surface area contributed by atoms with E-state index in [1.54, 1.807) is 31.2 Å². The van der Waals surface area contributed by atoms with Crippen LogP contribution in [0.15, 0.2) is 53.4 Å². The zero-order valence-electron chi connectivity index (χ0n) is 11.8. The minimum atomic E-state index is -3.12. The first-order valence-electron chi connectivity index (χ1n) is 6.63. The van der Waals surface area contributed by atoms with Gasteiger partial charge in [-0.2, -0.15) is 0 Å². The Balaban J connectivity index is 2.05. The predicted octanol–water partition coefficient (Wildman–Crippen LogP) is 3.40. The van der Waals surface area contributed by atoms with Crippen molar-refractivity contribution in [2.24, 2.45) is 0 Å². The first-order valence-corrected chi connectivity index (χ1v) is 8.29. The van der Waals surface area contributed by atoms with Crippen molar-refractivity contribution in [3.63, 3.8) is 0 Å². The molecule has 3 nitrogen and oxygen atoms in total. The minimum absolute atomic E-state index is 0.128. The topological polar surface area (TPSA) is 46.2 Å². The van der Waals surface area contributed by atoms with Crippen LogP contribution in [0.5, 0.6) is 0 Å². The maximum absolute atomic E-state index is 11.7. The predicted molar refractivity (Wildman–Crippen MR) is 82.7 cm³/mol. The van der Waals surface area contributed by atoms with Crippen molar-refractivity contribution < 1.29 is 8.42 Å². The Morgan fingerprint density at radius 2 is 1.75 bits per heavy atom. The highest BCUT2D eigenvalue weighted by molar-refractivity contribution is 7.91. The molecule has 4 heteroatoms. The van der Waals surface area contributed by atoms with Gasteiger partial charge in [-0.15, -0.1) is 0 Å². The fraction of sp³-hybridized carbons (Fsp3) is 0.250. The summed E-state index contributed by atoms with van der Waals surface area (Å²) < 4.78 is 23.4. The summed E-state index contributed by atoms with van der Waals surface area (Å²) in [4.78, 5) is 0.376. The molecule has 0 fully saturated rings. The van der Waals surface area contributed by atoms with Crippen LogP contribution in [-0.4, -0.2) is 14.2 Å². The molecule has 0 radical (unpaired) electrons. The van der Waals surface area contributed by atoms with Gasteiger partial charge in [0.1, 0.15) is 0 Å². The summed E-state index contributed by atoms with van der Waals surface area (Å²) in [6.45, 7) is 4.44. The van der Waals surface area contributed by atoms with E-state index in [0.29, 0.717) is 4.90 Å². The van der Waals surface area contributed by atoms with Gasteiger partial charge >= 0.3 is 0 Å². The van der Waals surface area contributed by atoms with Gasteiger partial charge in [-0.25, -0.2) is 8.42 Å². The van der Waals surface area contributed by atoms with Crippen molar-refractivity contribution >= 4 is 15.5 Å². The van der Waals surface area contributed by atoms with E-state index >= 15 is 0 Å². The van der Waals surface area contributed by atoms with E-state index in [2.05, 4.69) is 30.4 Å². The highest BCUT2D eigenvalue weighted by atomic mass is 32.2. The molecule has 0 aliphatic heterocycles. The van der Waals surface area contributed by atoms with Crippen LogP contribution in [0.2, 0.25) is 0 Å². The molecule has 0 aliphatic rings. The summed E-state index contributed by atoms with van der Waals surface area (Å²) in [7, 11) is -3.12. The Kier molecular flexibility index (Phi) is 4.45. The summed E-state index contributed by atoms with van der Waals surface area (Å²) in [5.41, 5.74) is 3.35. The molecule has 0 unspecified atom stereocenters. The van der Waals surface area contributed by atoms with Crippen molar-refractivity contribution in [1.82, 2.24) is 0 Å². The molecule has 0 spiro atoms. The van der Waals surface area contributed by atoms with Gasteiger partial charge in [-0.1, -0.05) is 36.8 Å². The van der Waals surface area contributed by atoms with Gasteiger partial charge in [0.05, 0.1) is 10.6 Å². The second kappa shape index (κ2) is 6.09. The molecular formula is C16H19NO2S. The largest absolute Gasteiger partial charge is 0.381 e. The molecule has 1 N–H and O–H groups in total. The molecule has 0 atom stereocenters. The third-order valence-electron chi connectivity index (χ3n) is 3.17. The van der Waals surface area contributed by atoms with Crippen molar-refractivity contribution in [3.05, 3.63) is 59.7 Å². The third-order valence-corrected chi connectivity index (χ3v) is 4.92. The Morgan fingerprint density at radius 3 is 2.35 bits per heavy atom. The van der Waals surface area contributed by atoms with Crippen molar-refractivity contribution in [1.29, 1.82) is 0 Å². The number of rotatable bonds is 5. The van der Waals surface area contributed by atoms with Crippen LogP contribution in [0.25, 0.3) is 0 Å². The summed E-state index contributed by atoms with van der Waals surface area (Å²) >= 11 is 0. The van der Waals surface area contributed by atoms with Crippen LogP contribution >= 0.6 is 0 Å². The lowest BCUT2D eigenvalue weighted by Gasteiger charge is -2.08. The smallest absolute Gasteiger partial charge is 0.178 e. The number of sulfone groups is 1.